The van der Waals surface area contributed by atoms with E-state index in [-0.39, 0.29) is 0 Å². The van der Waals surface area contributed by atoms with E-state index in [1.165, 1.54) is 35.1 Å². The van der Waals surface area contributed by atoms with Crippen LogP contribution in [0.2, 0.25) is 0 Å². The lowest BCUT2D eigenvalue weighted by Crippen LogP contribution is -2.25. The van der Waals surface area contributed by atoms with Crippen LogP contribution in [0.15, 0.2) is 4.47 Å². The first-order valence-electron chi connectivity index (χ1n) is 7.42. The highest BCUT2D eigenvalue weighted by Gasteiger charge is 2.53. The lowest BCUT2D eigenvalue weighted by Gasteiger charge is -2.28. The van der Waals surface area contributed by atoms with Crippen LogP contribution in [0, 0.1) is 17.3 Å². The molecule has 2 atom stereocenters. The fourth-order valence-corrected chi connectivity index (χ4v) is 4.87. The van der Waals surface area contributed by atoms with Gasteiger partial charge in [-0.3, -0.25) is 4.68 Å². The molecule has 1 aromatic heterocycles. The molecule has 0 N–H and O–H groups in total. The van der Waals surface area contributed by atoms with Crippen LogP contribution in [0.4, 0.5) is 0 Å². The monoisotopic (exact) mass is 344 g/mol. The standard InChI is InChI=1S/C15H22BrClN2/c1-3-12-14(16)13(19(4-2)18-12)8-15(9-17)6-10-5-11(10)7-15/h10-11H,3-9H2,1-2H3. The van der Waals surface area contributed by atoms with E-state index in [9.17, 15) is 0 Å². The topological polar surface area (TPSA) is 17.8 Å². The Hall–Kier alpha value is -0.0200. The van der Waals surface area contributed by atoms with Crippen LogP contribution >= 0.6 is 27.5 Å². The Balaban J connectivity index is 1.87. The third-order valence-corrected chi connectivity index (χ3v) is 6.46. The van der Waals surface area contributed by atoms with Crippen LogP contribution in [-0.4, -0.2) is 15.7 Å². The zero-order chi connectivity index (χ0) is 13.6. The highest BCUT2D eigenvalue weighted by molar-refractivity contribution is 9.10. The number of nitrogens with zero attached hydrogens (tertiary/aromatic N) is 2. The summed E-state index contributed by atoms with van der Waals surface area (Å²) in [5.74, 6) is 2.74. The average Bonchev–Trinajstić information content (AvgIpc) is 2.92. The summed E-state index contributed by atoms with van der Waals surface area (Å²) in [6, 6.07) is 0. The molecule has 4 heteroatoms. The highest BCUT2D eigenvalue weighted by Crippen LogP contribution is 2.61. The molecule has 1 aromatic rings. The van der Waals surface area contributed by atoms with Crippen molar-refractivity contribution >= 4 is 27.5 Å². The number of alkyl halides is 1. The van der Waals surface area contributed by atoms with Gasteiger partial charge in [-0.25, -0.2) is 0 Å². The molecule has 0 aromatic carbocycles. The van der Waals surface area contributed by atoms with E-state index < -0.39 is 0 Å². The Morgan fingerprint density at radius 1 is 1.37 bits per heavy atom. The van der Waals surface area contributed by atoms with Crippen molar-refractivity contribution in [2.45, 2.75) is 52.5 Å². The fraction of sp³-hybridized carbons (Fsp3) is 0.800. The second-order valence-electron chi connectivity index (χ2n) is 6.35. The zero-order valence-electron chi connectivity index (χ0n) is 11.8. The smallest absolute Gasteiger partial charge is 0.0766 e. The molecule has 2 fully saturated rings. The van der Waals surface area contributed by atoms with Gasteiger partial charge in [0.1, 0.15) is 0 Å². The highest BCUT2D eigenvalue weighted by atomic mass is 79.9. The second kappa shape index (κ2) is 5.07. The van der Waals surface area contributed by atoms with Crippen LogP contribution in [0.3, 0.4) is 0 Å². The molecule has 2 aliphatic rings. The van der Waals surface area contributed by atoms with Gasteiger partial charge in [0, 0.05) is 12.4 Å². The predicted octanol–water partition coefficient (Wildman–Crippen LogP) is 4.43. The molecule has 19 heavy (non-hydrogen) atoms. The molecule has 3 rings (SSSR count). The first-order valence-corrected chi connectivity index (χ1v) is 8.75. The van der Waals surface area contributed by atoms with E-state index in [1.54, 1.807) is 0 Å². The maximum Gasteiger partial charge on any atom is 0.0766 e. The van der Waals surface area contributed by atoms with Gasteiger partial charge in [-0.05, 0) is 72.2 Å². The number of aromatic nitrogens is 2. The molecule has 106 valence electrons. The van der Waals surface area contributed by atoms with Crippen molar-refractivity contribution in [1.29, 1.82) is 0 Å². The third kappa shape index (κ3) is 2.37. The normalized spacial score (nSPS) is 32.6. The Kier molecular flexibility index (Phi) is 3.72. The second-order valence-corrected chi connectivity index (χ2v) is 7.41. The van der Waals surface area contributed by atoms with Gasteiger partial charge in [0.15, 0.2) is 0 Å². The molecule has 2 unspecified atom stereocenters. The van der Waals surface area contributed by atoms with Crippen molar-refractivity contribution in [3.63, 3.8) is 0 Å². The molecule has 0 aliphatic heterocycles. The van der Waals surface area contributed by atoms with Crippen molar-refractivity contribution in [3.8, 4) is 0 Å². The Labute approximate surface area is 129 Å². The van der Waals surface area contributed by atoms with Gasteiger partial charge in [-0.15, -0.1) is 11.6 Å². The van der Waals surface area contributed by atoms with Crippen molar-refractivity contribution in [2.75, 3.05) is 5.88 Å². The van der Waals surface area contributed by atoms with Gasteiger partial charge in [0.25, 0.3) is 0 Å². The third-order valence-electron chi connectivity index (χ3n) is 4.98. The summed E-state index contributed by atoms with van der Waals surface area (Å²) in [5.41, 5.74) is 2.88. The van der Waals surface area contributed by atoms with Crippen LogP contribution < -0.4 is 0 Å². The molecule has 0 bridgehead atoms. The van der Waals surface area contributed by atoms with Crippen LogP contribution in [0.25, 0.3) is 0 Å². The summed E-state index contributed by atoms with van der Waals surface area (Å²) >= 11 is 10.1. The Morgan fingerprint density at radius 2 is 2.05 bits per heavy atom. The molecule has 0 saturated heterocycles. The number of halogens is 2. The predicted molar refractivity (Wildman–Crippen MR) is 82.7 cm³/mol. The van der Waals surface area contributed by atoms with Gasteiger partial charge in [-0.2, -0.15) is 5.10 Å². The summed E-state index contributed by atoms with van der Waals surface area (Å²) in [4.78, 5) is 0. The molecule has 0 spiro atoms. The summed E-state index contributed by atoms with van der Waals surface area (Å²) in [6.07, 6.45) is 6.17. The van der Waals surface area contributed by atoms with Crippen molar-refractivity contribution in [3.05, 3.63) is 15.9 Å². The van der Waals surface area contributed by atoms with E-state index >= 15 is 0 Å². The molecular weight excluding hydrogens is 324 g/mol. The number of fused-ring (bicyclic) bond motifs is 1. The summed E-state index contributed by atoms with van der Waals surface area (Å²) in [6.45, 7) is 5.28. The maximum absolute atomic E-state index is 6.34. The molecule has 2 nitrogen and oxygen atoms in total. The van der Waals surface area contributed by atoms with E-state index in [2.05, 4.69) is 34.5 Å². The van der Waals surface area contributed by atoms with Crippen molar-refractivity contribution < 1.29 is 0 Å². The first kappa shape index (κ1) is 13.9. The first-order chi connectivity index (χ1) is 9.12. The SMILES string of the molecule is CCc1nn(CC)c(CC2(CCl)CC3CC3C2)c1Br. The van der Waals surface area contributed by atoms with E-state index in [1.807, 2.05) is 0 Å². The van der Waals surface area contributed by atoms with Gasteiger partial charge in [0.05, 0.1) is 15.9 Å². The Morgan fingerprint density at radius 3 is 2.58 bits per heavy atom. The number of rotatable bonds is 5. The van der Waals surface area contributed by atoms with Crippen LogP contribution in [0.1, 0.15) is 44.5 Å². The molecular formula is C15H22BrClN2. The van der Waals surface area contributed by atoms with Gasteiger partial charge in [0.2, 0.25) is 0 Å². The number of aryl methyl sites for hydroxylation is 2. The maximum atomic E-state index is 6.34. The molecule has 2 saturated carbocycles. The van der Waals surface area contributed by atoms with E-state index in [0.717, 1.165) is 37.1 Å². The average molecular weight is 346 g/mol. The van der Waals surface area contributed by atoms with Crippen LogP contribution in [0.5, 0.6) is 0 Å². The van der Waals surface area contributed by atoms with Crippen molar-refractivity contribution in [1.82, 2.24) is 9.78 Å². The van der Waals surface area contributed by atoms with Gasteiger partial charge in [-0.1, -0.05) is 6.92 Å². The summed E-state index contributed by atoms with van der Waals surface area (Å²) in [7, 11) is 0. The minimum Gasteiger partial charge on any atom is -0.268 e. The molecule has 0 amide bonds. The molecule has 2 aliphatic carbocycles. The van der Waals surface area contributed by atoms with Crippen LogP contribution in [-0.2, 0) is 19.4 Å². The quantitative estimate of drug-likeness (QED) is 0.722. The largest absolute Gasteiger partial charge is 0.268 e. The zero-order valence-corrected chi connectivity index (χ0v) is 14.1. The van der Waals surface area contributed by atoms with Crippen molar-refractivity contribution in [2.24, 2.45) is 17.3 Å². The fourth-order valence-electron chi connectivity index (χ4n) is 3.85. The van der Waals surface area contributed by atoms with E-state index in [0.29, 0.717) is 5.41 Å². The molecule has 0 radical (unpaired) electrons. The number of hydrogen-bond donors (Lipinski definition) is 0. The van der Waals surface area contributed by atoms with Gasteiger partial charge >= 0.3 is 0 Å². The lowest BCUT2D eigenvalue weighted by molar-refractivity contribution is 0.294. The summed E-state index contributed by atoms with van der Waals surface area (Å²) in [5, 5.41) is 4.71. The minimum atomic E-state index is 0.329. The summed E-state index contributed by atoms with van der Waals surface area (Å²) < 4.78 is 3.39. The molecule has 1 heterocycles. The lowest BCUT2D eigenvalue weighted by atomic mass is 9.80. The number of hydrogen-bond acceptors (Lipinski definition) is 1. The van der Waals surface area contributed by atoms with Gasteiger partial charge < -0.3 is 0 Å². The minimum absolute atomic E-state index is 0.329. The van der Waals surface area contributed by atoms with E-state index in [4.69, 9.17) is 16.7 Å². The Bertz CT molecular complexity index is 473.